The molecular formula is C6H17P. The number of rotatable bonds is 2. The number of hydrogen-bond acceptors (Lipinski definition) is 0. The predicted octanol–water partition coefficient (Wildman–Crippen LogP) is 2.69. The molecule has 1 heteroatoms. The van der Waals surface area contributed by atoms with Gasteiger partial charge in [-0.15, -0.1) is 9.24 Å². The van der Waals surface area contributed by atoms with E-state index in [9.17, 15) is 0 Å². The van der Waals surface area contributed by atoms with E-state index in [-0.39, 0.29) is 0 Å². The zero-order valence-electron chi connectivity index (χ0n) is 5.70. The molecule has 7 heavy (non-hydrogen) atoms. The van der Waals surface area contributed by atoms with E-state index in [2.05, 4.69) is 16.2 Å². The molecule has 0 fully saturated rings. The Bertz CT molecular complexity index is 11.7. The summed E-state index contributed by atoms with van der Waals surface area (Å²) in [6, 6.07) is 0. The van der Waals surface area contributed by atoms with Gasteiger partial charge in [0, 0.05) is 0 Å². The van der Waals surface area contributed by atoms with Crippen LogP contribution in [0.1, 0.15) is 33.6 Å². The van der Waals surface area contributed by atoms with E-state index < -0.39 is 0 Å². The highest BCUT2D eigenvalue weighted by molar-refractivity contribution is 7.16. The summed E-state index contributed by atoms with van der Waals surface area (Å²) in [6.07, 6.45) is 3.94. The molecule has 1 atom stereocenters. The third-order valence-electron chi connectivity index (χ3n) is 0.558. The molecule has 0 aliphatic heterocycles. The highest BCUT2D eigenvalue weighted by atomic mass is 31.0. The molecular weight excluding hydrogens is 103 g/mol. The van der Waals surface area contributed by atoms with Gasteiger partial charge < -0.3 is 0 Å². The molecule has 0 aromatic heterocycles. The first kappa shape index (κ1) is 10.4. The van der Waals surface area contributed by atoms with E-state index in [1.54, 1.807) is 0 Å². The van der Waals surface area contributed by atoms with Gasteiger partial charge in [0.2, 0.25) is 0 Å². The summed E-state index contributed by atoms with van der Waals surface area (Å²) in [5.41, 5.74) is 0. The van der Waals surface area contributed by atoms with Gasteiger partial charge in [-0.2, -0.15) is 0 Å². The fourth-order valence-corrected chi connectivity index (χ4v) is 0.612. The summed E-state index contributed by atoms with van der Waals surface area (Å²) >= 11 is 0. The quantitative estimate of drug-likeness (QED) is 0.491. The van der Waals surface area contributed by atoms with E-state index in [0.717, 1.165) is 0 Å². The van der Waals surface area contributed by atoms with Crippen LogP contribution < -0.4 is 0 Å². The number of hydrogen-bond donors (Lipinski definition) is 0. The van der Waals surface area contributed by atoms with Crippen LogP contribution in [-0.4, -0.2) is 6.16 Å². The zero-order valence-corrected chi connectivity index (χ0v) is 6.85. The van der Waals surface area contributed by atoms with Crippen LogP contribution in [0, 0.1) is 0 Å². The Balaban J connectivity index is 0. The van der Waals surface area contributed by atoms with Crippen LogP contribution in [0.5, 0.6) is 0 Å². The summed E-state index contributed by atoms with van der Waals surface area (Å²) in [4.78, 5) is 0. The molecule has 0 rings (SSSR count). The molecule has 46 valence electrons. The van der Waals surface area contributed by atoms with E-state index in [1.807, 2.05) is 13.8 Å². The van der Waals surface area contributed by atoms with Gasteiger partial charge in [0.25, 0.3) is 0 Å². The summed E-state index contributed by atoms with van der Waals surface area (Å²) in [5, 5.41) is 0. The van der Waals surface area contributed by atoms with Crippen LogP contribution in [0.25, 0.3) is 0 Å². The Labute approximate surface area is 49.9 Å². The summed E-state index contributed by atoms with van der Waals surface area (Å²) in [5.74, 6) is 0. The zero-order chi connectivity index (χ0) is 6.12. The van der Waals surface area contributed by atoms with E-state index in [1.165, 1.54) is 19.0 Å². The minimum Gasteiger partial charge on any atom is -0.138 e. The van der Waals surface area contributed by atoms with Crippen molar-refractivity contribution in [2.45, 2.75) is 33.6 Å². The predicted molar refractivity (Wildman–Crippen MR) is 40.8 cm³/mol. The Morgan fingerprint density at radius 3 is 1.71 bits per heavy atom. The maximum absolute atomic E-state index is 2.70. The van der Waals surface area contributed by atoms with Gasteiger partial charge in [-0.05, 0) is 6.16 Å². The van der Waals surface area contributed by atoms with Gasteiger partial charge >= 0.3 is 0 Å². The average Bonchev–Trinajstić information content (AvgIpc) is 1.75. The summed E-state index contributed by atoms with van der Waals surface area (Å²) in [6.45, 7) is 6.20. The first-order valence-corrected chi connectivity index (χ1v) is 3.93. The van der Waals surface area contributed by atoms with E-state index in [4.69, 9.17) is 0 Å². The molecule has 0 nitrogen and oxygen atoms in total. The maximum Gasteiger partial charge on any atom is -0.0381 e. The molecule has 0 saturated heterocycles. The normalized spacial score (nSPS) is 6.86. The van der Waals surface area contributed by atoms with Gasteiger partial charge in [-0.3, -0.25) is 0 Å². The lowest BCUT2D eigenvalue weighted by Gasteiger charge is -1.79. The Hall–Kier alpha value is 0.430. The Kier molecular flexibility index (Phi) is 24.0. The molecule has 0 aliphatic carbocycles. The minimum atomic E-state index is 1.26. The molecule has 0 aromatic rings. The fourth-order valence-electron chi connectivity index (χ4n) is 0.204. The summed E-state index contributed by atoms with van der Waals surface area (Å²) in [7, 11) is 2.70. The lowest BCUT2D eigenvalue weighted by atomic mass is 10.4. The van der Waals surface area contributed by atoms with Crippen LogP contribution in [0.2, 0.25) is 0 Å². The van der Waals surface area contributed by atoms with Gasteiger partial charge in [0.05, 0.1) is 0 Å². The topological polar surface area (TPSA) is 0 Å². The third kappa shape index (κ3) is 21.4. The standard InChI is InChI=1S/C4H11P.C2H6/c1-2-3-4-5;1-2/h2-5H2,1H3;1-2H3. The van der Waals surface area contributed by atoms with Crippen molar-refractivity contribution < 1.29 is 0 Å². The van der Waals surface area contributed by atoms with Crippen molar-refractivity contribution in [3.05, 3.63) is 0 Å². The van der Waals surface area contributed by atoms with Crippen molar-refractivity contribution >= 4 is 9.24 Å². The molecule has 0 aromatic carbocycles. The Morgan fingerprint density at radius 1 is 1.29 bits per heavy atom. The largest absolute Gasteiger partial charge is 0.138 e. The minimum absolute atomic E-state index is 1.26. The van der Waals surface area contributed by atoms with Gasteiger partial charge in [-0.25, -0.2) is 0 Å². The molecule has 0 aliphatic rings. The van der Waals surface area contributed by atoms with Crippen LogP contribution in [0.4, 0.5) is 0 Å². The van der Waals surface area contributed by atoms with Crippen molar-refractivity contribution in [2.75, 3.05) is 6.16 Å². The van der Waals surface area contributed by atoms with Crippen molar-refractivity contribution in [1.29, 1.82) is 0 Å². The van der Waals surface area contributed by atoms with Crippen LogP contribution in [0.15, 0.2) is 0 Å². The van der Waals surface area contributed by atoms with Crippen LogP contribution in [0.3, 0.4) is 0 Å². The highest BCUT2D eigenvalue weighted by Gasteiger charge is 1.68. The van der Waals surface area contributed by atoms with Crippen LogP contribution >= 0.6 is 9.24 Å². The fraction of sp³-hybridized carbons (Fsp3) is 1.00. The molecule has 0 bridgehead atoms. The van der Waals surface area contributed by atoms with E-state index in [0.29, 0.717) is 0 Å². The maximum atomic E-state index is 2.70. The molecule has 0 N–H and O–H groups in total. The summed E-state index contributed by atoms with van der Waals surface area (Å²) < 4.78 is 0. The van der Waals surface area contributed by atoms with Gasteiger partial charge in [0.1, 0.15) is 0 Å². The highest BCUT2D eigenvalue weighted by Crippen LogP contribution is 1.89. The lowest BCUT2D eigenvalue weighted by molar-refractivity contribution is 0.897. The lowest BCUT2D eigenvalue weighted by Crippen LogP contribution is -1.64. The second kappa shape index (κ2) is 16.1. The van der Waals surface area contributed by atoms with E-state index >= 15 is 0 Å². The molecule has 0 saturated carbocycles. The molecule has 0 heterocycles. The second-order valence-electron chi connectivity index (χ2n) is 1.14. The molecule has 0 amide bonds. The number of unbranched alkanes of at least 4 members (excludes halogenated alkanes) is 1. The average molecular weight is 120 g/mol. The third-order valence-corrected chi connectivity index (χ3v) is 0.966. The first-order chi connectivity index (χ1) is 3.41. The van der Waals surface area contributed by atoms with Crippen molar-refractivity contribution in [2.24, 2.45) is 0 Å². The van der Waals surface area contributed by atoms with Crippen molar-refractivity contribution in [3.63, 3.8) is 0 Å². The van der Waals surface area contributed by atoms with Crippen LogP contribution in [-0.2, 0) is 0 Å². The Morgan fingerprint density at radius 2 is 1.71 bits per heavy atom. The van der Waals surface area contributed by atoms with Gasteiger partial charge in [-0.1, -0.05) is 33.6 Å². The molecule has 0 spiro atoms. The van der Waals surface area contributed by atoms with Crippen molar-refractivity contribution in [3.8, 4) is 0 Å². The van der Waals surface area contributed by atoms with Gasteiger partial charge in [0.15, 0.2) is 0 Å². The van der Waals surface area contributed by atoms with Crippen molar-refractivity contribution in [1.82, 2.24) is 0 Å². The SMILES string of the molecule is CC.CCCCP. The molecule has 1 unspecified atom stereocenters. The first-order valence-electron chi connectivity index (χ1n) is 3.12. The monoisotopic (exact) mass is 120 g/mol. The smallest absolute Gasteiger partial charge is 0.0381 e. The second-order valence-corrected chi connectivity index (χ2v) is 1.72. The molecule has 0 radical (unpaired) electrons.